The minimum absolute atomic E-state index is 0.322. The molecule has 1 N–H and O–H groups in total. The van der Waals surface area contributed by atoms with E-state index in [0.717, 1.165) is 43.2 Å². The van der Waals surface area contributed by atoms with Crippen LogP contribution in [0.5, 0.6) is 11.5 Å². The average Bonchev–Trinajstić information content (AvgIpc) is 2.70. The number of anilines is 1. The summed E-state index contributed by atoms with van der Waals surface area (Å²) in [4.78, 5) is 4.67. The Bertz CT molecular complexity index is 725. The van der Waals surface area contributed by atoms with Gasteiger partial charge >= 0.3 is 0 Å². The monoisotopic (exact) mass is 370 g/mol. The summed E-state index contributed by atoms with van der Waals surface area (Å²) in [5, 5.41) is 10.4. The van der Waals surface area contributed by atoms with E-state index in [1.807, 2.05) is 24.3 Å². The number of aryl methyl sites for hydroxylation is 1. The molecular formula is C22H30N2O3. The van der Waals surface area contributed by atoms with Gasteiger partial charge in [-0.25, -0.2) is 0 Å². The summed E-state index contributed by atoms with van der Waals surface area (Å²) in [5.74, 6) is 1.74. The number of β-amino-alcohol motifs (C(OH)–C–C–N with tert-alkyl or cyclic N) is 1. The van der Waals surface area contributed by atoms with Crippen LogP contribution >= 0.6 is 0 Å². The van der Waals surface area contributed by atoms with E-state index in [0.29, 0.717) is 13.2 Å². The molecule has 1 fully saturated rings. The molecule has 1 saturated heterocycles. The highest BCUT2D eigenvalue weighted by molar-refractivity contribution is 5.49. The Balaban J connectivity index is 1.43. The number of benzene rings is 2. The fourth-order valence-corrected chi connectivity index (χ4v) is 3.40. The lowest BCUT2D eigenvalue weighted by atomic mass is 10.1. The fraction of sp³-hybridized carbons (Fsp3) is 0.455. The first-order chi connectivity index (χ1) is 13.1. The van der Waals surface area contributed by atoms with E-state index in [4.69, 9.17) is 9.47 Å². The van der Waals surface area contributed by atoms with Crippen molar-refractivity contribution in [1.82, 2.24) is 4.90 Å². The summed E-state index contributed by atoms with van der Waals surface area (Å²) in [7, 11) is 1.68. The van der Waals surface area contributed by atoms with E-state index in [2.05, 4.69) is 41.8 Å². The lowest BCUT2D eigenvalue weighted by molar-refractivity contribution is 0.0660. The van der Waals surface area contributed by atoms with Gasteiger partial charge in [-0.2, -0.15) is 0 Å². The number of hydrogen-bond donors (Lipinski definition) is 1. The summed E-state index contributed by atoms with van der Waals surface area (Å²) >= 11 is 0. The third-order valence-corrected chi connectivity index (χ3v) is 5.26. The number of nitrogens with zero attached hydrogens (tertiary/aromatic N) is 2. The molecule has 0 radical (unpaired) electrons. The fourth-order valence-electron chi connectivity index (χ4n) is 3.40. The number of rotatable bonds is 7. The Labute approximate surface area is 162 Å². The first-order valence-corrected chi connectivity index (χ1v) is 9.55. The van der Waals surface area contributed by atoms with Crippen LogP contribution < -0.4 is 14.4 Å². The van der Waals surface area contributed by atoms with Crippen molar-refractivity contribution >= 4 is 5.69 Å². The molecule has 0 amide bonds. The van der Waals surface area contributed by atoms with Crippen molar-refractivity contribution < 1.29 is 14.6 Å². The predicted octanol–water partition coefficient (Wildman–Crippen LogP) is 2.87. The maximum atomic E-state index is 10.4. The molecule has 0 aliphatic carbocycles. The molecule has 3 rings (SSSR count). The molecule has 27 heavy (non-hydrogen) atoms. The van der Waals surface area contributed by atoms with Gasteiger partial charge in [0.05, 0.1) is 7.11 Å². The Morgan fingerprint density at radius 1 is 1.00 bits per heavy atom. The summed E-state index contributed by atoms with van der Waals surface area (Å²) in [5.41, 5.74) is 3.56. The van der Waals surface area contributed by atoms with Crippen LogP contribution in [0.2, 0.25) is 0 Å². The average molecular weight is 370 g/mol. The van der Waals surface area contributed by atoms with Crippen molar-refractivity contribution in [3.8, 4) is 11.5 Å². The first kappa shape index (κ1) is 19.5. The molecule has 1 aliphatic rings. The maximum absolute atomic E-state index is 10.4. The molecule has 1 aliphatic heterocycles. The number of piperazine rings is 1. The number of aliphatic hydroxyl groups is 1. The molecule has 0 aromatic heterocycles. The Hall–Kier alpha value is -2.24. The quantitative estimate of drug-likeness (QED) is 0.812. The Kier molecular flexibility index (Phi) is 6.58. The molecule has 2 aromatic rings. The van der Waals surface area contributed by atoms with Gasteiger partial charge in [-0.15, -0.1) is 0 Å². The predicted molar refractivity (Wildman–Crippen MR) is 109 cm³/mol. The minimum Gasteiger partial charge on any atom is -0.497 e. The standard InChI is InChI=1S/C22H30N2O3/c1-17-5-4-6-22(18(17)2)27-16-20(25)15-23-11-13-24(14-12-23)19-7-9-21(26-3)10-8-19/h4-10,20,25H,11-16H2,1-3H3/t20-/m1/s1. The van der Waals surface area contributed by atoms with Crippen LogP contribution in [0.3, 0.4) is 0 Å². The summed E-state index contributed by atoms with van der Waals surface area (Å²) in [6.07, 6.45) is -0.488. The Morgan fingerprint density at radius 3 is 2.37 bits per heavy atom. The molecule has 1 heterocycles. The SMILES string of the molecule is COc1ccc(N2CCN(C[C@@H](O)COc3cccc(C)c3C)CC2)cc1. The van der Waals surface area contributed by atoms with E-state index in [1.165, 1.54) is 11.3 Å². The van der Waals surface area contributed by atoms with Gasteiger partial charge in [0, 0.05) is 38.4 Å². The van der Waals surface area contributed by atoms with E-state index in [9.17, 15) is 5.11 Å². The molecule has 0 unspecified atom stereocenters. The highest BCUT2D eigenvalue weighted by Crippen LogP contribution is 2.22. The van der Waals surface area contributed by atoms with Gasteiger partial charge in [0.1, 0.15) is 24.2 Å². The van der Waals surface area contributed by atoms with Gasteiger partial charge in [0.2, 0.25) is 0 Å². The number of aliphatic hydroxyl groups excluding tert-OH is 1. The normalized spacial score (nSPS) is 16.2. The van der Waals surface area contributed by atoms with Crippen molar-refractivity contribution in [3.63, 3.8) is 0 Å². The van der Waals surface area contributed by atoms with E-state index >= 15 is 0 Å². The van der Waals surface area contributed by atoms with Crippen LogP contribution in [0.25, 0.3) is 0 Å². The molecule has 0 saturated carbocycles. The van der Waals surface area contributed by atoms with Crippen molar-refractivity contribution in [2.45, 2.75) is 20.0 Å². The molecule has 146 valence electrons. The van der Waals surface area contributed by atoms with Crippen molar-refractivity contribution in [1.29, 1.82) is 0 Å². The van der Waals surface area contributed by atoms with Crippen LogP contribution in [0, 0.1) is 13.8 Å². The van der Waals surface area contributed by atoms with Crippen LogP contribution in [0.4, 0.5) is 5.69 Å². The topological polar surface area (TPSA) is 45.2 Å². The first-order valence-electron chi connectivity index (χ1n) is 9.55. The summed E-state index contributed by atoms with van der Waals surface area (Å²) < 4.78 is 11.1. The van der Waals surface area contributed by atoms with Crippen molar-refractivity contribution in [2.75, 3.05) is 51.3 Å². The van der Waals surface area contributed by atoms with Crippen LogP contribution in [-0.4, -0.2) is 62.6 Å². The van der Waals surface area contributed by atoms with Crippen LogP contribution in [0.1, 0.15) is 11.1 Å². The van der Waals surface area contributed by atoms with E-state index in [-0.39, 0.29) is 0 Å². The lowest BCUT2D eigenvalue weighted by Gasteiger charge is -2.36. The second-order valence-corrected chi connectivity index (χ2v) is 7.15. The van der Waals surface area contributed by atoms with Gasteiger partial charge in [-0.1, -0.05) is 12.1 Å². The third kappa shape index (κ3) is 5.15. The minimum atomic E-state index is -0.488. The highest BCUT2D eigenvalue weighted by atomic mass is 16.5. The second kappa shape index (κ2) is 9.11. The summed E-state index contributed by atoms with van der Waals surface area (Å²) in [6, 6.07) is 14.2. The van der Waals surface area contributed by atoms with Gasteiger partial charge in [0.15, 0.2) is 0 Å². The highest BCUT2D eigenvalue weighted by Gasteiger charge is 2.20. The van der Waals surface area contributed by atoms with Gasteiger partial charge in [0.25, 0.3) is 0 Å². The lowest BCUT2D eigenvalue weighted by Crippen LogP contribution is -2.49. The molecule has 0 spiro atoms. The summed E-state index contributed by atoms with van der Waals surface area (Å²) in [6.45, 7) is 8.87. The van der Waals surface area contributed by atoms with Crippen LogP contribution in [-0.2, 0) is 0 Å². The Morgan fingerprint density at radius 2 is 1.70 bits per heavy atom. The molecule has 5 nitrogen and oxygen atoms in total. The van der Waals surface area contributed by atoms with Crippen molar-refractivity contribution in [2.24, 2.45) is 0 Å². The molecule has 1 atom stereocenters. The second-order valence-electron chi connectivity index (χ2n) is 7.15. The molecule has 0 bridgehead atoms. The molecular weight excluding hydrogens is 340 g/mol. The number of ether oxygens (including phenoxy) is 2. The van der Waals surface area contributed by atoms with E-state index in [1.54, 1.807) is 7.11 Å². The molecule has 5 heteroatoms. The van der Waals surface area contributed by atoms with Gasteiger partial charge in [-0.05, 0) is 55.3 Å². The zero-order valence-electron chi connectivity index (χ0n) is 16.5. The zero-order valence-corrected chi connectivity index (χ0v) is 16.5. The van der Waals surface area contributed by atoms with Gasteiger partial charge in [-0.3, -0.25) is 4.90 Å². The van der Waals surface area contributed by atoms with Gasteiger partial charge < -0.3 is 19.5 Å². The molecule has 2 aromatic carbocycles. The largest absolute Gasteiger partial charge is 0.497 e. The van der Waals surface area contributed by atoms with Crippen LogP contribution in [0.15, 0.2) is 42.5 Å². The zero-order chi connectivity index (χ0) is 19.2. The third-order valence-electron chi connectivity index (χ3n) is 5.26. The smallest absolute Gasteiger partial charge is 0.122 e. The number of methoxy groups -OCH3 is 1. The number of hydrogen-bond acceptors (Lipinski definition) is 5. The van der Waals surface area contributed by atoms with E-state index < -0.39 is 6.10 Å². The van der Waals surface area contributed by atoms with Crippen molar-refractivity contribution in [3.05, 3.63) is 53.6 Å². The maximum Gasteiger partial charge on any atom is 0.122 e.